The molecule has 0 saturated carbocycles. The molecule has 63 heavy (non-hydrogen) atoms. The number of hydrogen-bond acceptors (Lipinski definition) is 7. The lowest BCUT2D eigenvalue weighted by atomic mass is 10.0. The van der Waals surface area contributed by atoms with E-state index in [1.54, 1.807) is 11.3 Å². The van der Waals surface area contributed by atoms with Gasteiger partial charge in [0.2, 0.25) is 0 Å². The highest BCUT2D eigenvalue weighted by Gasteiger charge is 2.22. The molecule has 0 unspecified atom stereocenters. The van der Waals surface area contributed by atoms with Crippen LogP contribution in [0.1, 0.15) is 0 Å². The molecule has 0 aliphatic carbocycles. The number of para-hydroxylation sites is 2. The predicted molar refractivity (Wildman–Crippen MR) is 257 cm³/mol. The van der Waals surface area contributed by atoms with Crippen LogP contribution in [-0.4, -0.2) is 29.5 Å². The second kappa shape index (κ2) is 14.1. The predicted octanol–water partition coefficient (Wildman–Crippen LogP) is 14.4. The maximum atomic E-state index is 6.56. The molecule has 8 aromatic carbocycles. The molecule has 0 atom stereocenters. The van der Waals surface area contributed by atoms with Crippen molar-refractivity contribution in [2.75, 3.05) is 0 Å². The number of furan rings is 1. The molecule has 0 spiro atoms. The van der Waals surface area contributed by atoms with Crippen LogP contribution in [0.15, 0.2) is 199 Å². The van der Waals surface area contributed by atoms with E-state index in [1.807, 2.05) is 66.7 Å². The van der Waals surface area contributed by atoms with Crippen molar-refractivity contribution in [3.05, 3.63) is 194 Å². The topological polar surface area (TPSA) is 82.5 Å². The molecule has 294 valence electrons. The molecule has 5 heterocycles. The van der Waals surface area contributed by atoms with Crippen molar-refractivity contribution in [1.82, 2.24) is 29.5 Å². The van der Waals surface area contributed by atoms with E-state index < -0.39 is 0 Å². The Hall–Kier alpha value is -8.33. The number of aromatic nitrogens is 6. The summed E-state index contributed by atoms with van der Waals surface area (Å²) in [6.45, 7) is 0. The number of fused-ring (bicyclic) bond motifs is 9. The minimum Gasteiger partial charge on any atom is -0.456 e. The highest BCUT2D eigenvalue weighted by Crippen LogP contribution is 2.42. The van der Waals surface area contributed by atoms with Crippen LogP contribution in [-0.2, 0) is 0 Å². The van der Waals surface area contributed by atoms with Crippen LogP contribution in [0, 0.1) is 0 Å². The van der Waals surface area contributed by atoms with Gasteiger partial charge < -0.3 is 8.98 Å². The van der Waals surface area contributed by atoms with Crippen LogP contribution in [0.4, 0.5) is 0 Å². The summed E-state index contributed by atoms with van der Waals surface area (Å²) in [7, 11) is 0. The van der Waals surface area contributed by atoms with Gasteiger partial charge in [0.05, 0.1) is 26.9 Å². The third kappa shape index (κ3) is 5.76. The Kier molecular flexibility index (Phi) is 7.94. The Morgan fingerprint density at radius 1 is 0.397 bits per heavy atom. The fraction of sp³-hybridized carbons (Fsp3) is 0. The first-order valence-electron chi connectivity index (χ1n) is 20.8. The summed E-state index contributed by atoms with van der Waals surface area (Å²) < 4.78 is 11.1. The lowest BCUT2D eigenvalue weighted by molar-refractivity contribution is 0.669. The second-order valence-electron chi connectivity index (χ2n) is 15.6. The Labute approximate surface area is 364 Å². The van der Waals surface area contributed by atoms with Crippen LogP contribution in [0.25, 0.3) is 127 Å². The monoisotopic (exact) mass is 824 g/mol. The molecule has 7 nitrogen and oxygen atoms in total. The summed E-state index contributed by atoms with van der Waals surface area (Å²) in [5.41, 5.74) is 11.2. The van der Waals surface area contributed by atoms with Crippen LogP contribution in [0.3, 0.4) is 0 Å². The van der Waals surface area contributed by atoms with Crippen molar-refractivity contribution in [2.24, 2.45) is 0 Å². The summed E-state index contributed by atoms with van der Waals surface area (Å²) in [6, 6.07) is 66.7. The van der Waals surface area contributed by atoms with E-state index in [1.165, 1.54) is 10.1 Å². The molecule has 0 N–H and O–H groups in total. The van der Waals surface area contributed by atoms with Gasteiger partial charge in [-0.2, -0.15) is 0 Å². The molecule has 13 rings (SSSR count). The van der Waals surface area contributed by atoms with Crippen molar-refractivity contribution >= 4 is 75.4 Å². The lowest BCUT2D eigenvalue weighted by Gasteiger charge is -2.11. The van der Waals surface area contributed by atoms with Gasteiger partial charge in [-0.15, -0.1) is 11.3 Å². The van der Waals surface area contributed by atoms with Crippen LogP contribution >= 0.6 is 11.3 Å². The molecule has 13 aromatic rings. The van der Waals surface area contributed by atoms with Gasteiger partial charge >= 0.3 is 0 Å². The van der Waals surface area contributed by atoms with Crippen LogP contribution in [0.2, 0.25) is 0 Å². The van der Waals surface area contributed by atoms with Crippen molar-refractivity contribution < 1.29 is 4.42 Å². The maximum Gasteiger partial charge on any atom is 0.164 e. The van der Waals surface area contributed by atoms with E-state index in [0.29, 0.717) is 23.3 Å². The normalized spacial score (nSPS) is 11.8. The fourth-order valence-corrected chi connectivity index (χ4v) is 10.1. The number of benzene rings is 8. The number of thiophene rings is 1. The van der Waals surface area contributed by atoms with Crippen molar-refractivity contribution in [2.45, 2.75) is 0 Å². The van der Waals surface area contributed by atoms with E-state index >= 15 is 0 Å². The van der Waals surface area contributed by atoms with Gasteiger partial charge in [0.25, 0.3) is 0 Å². The van der Waals surface area contributed by atoms with Crippen molar-refractivity contribution in [1.29, 1.82) is 0 Å². The third-order valence-corrected chi connectivity index (χ3v) is 13.0. The van der Waals surface area contributed by atoms with Gasteiger partial charge in [0.1, 0.15) is 11.2 Å². The Balaban J connectivity index is 1.02. The van der Waals surface area contributed by atoms with Gasteiger partial charge in [0.15, 0.2) is 23.3 Å². The highest BCUT2D eigenvalue weighted by molar-refractivity contribution is 7.26. The minimum atomic E-state index is 0.551. The molecule has 0 amide bonds. The summed E-state index contributed by atoms with van der Waals surface area (Å²) in [5, 5.41) is 5.31. The first-order chi connectivity index (χ1) is 31.2. The Morgan fingerprint density at radius 3 is 1.86 bits per heavy atom. The Bertz CT molecular complexity index is 3910. The van der Waals surface area contributed by atoms with Crippen LogP contribution in [0.5, 0.6) is 0 Å². The van der Waals surface area contributed by atoms with E-state index in [0.717, 1.165) is 93.2 Å². The molecule has 8 heteroatoms. The van der Waals surface area contributed by atoms with Gasteiger partial charge in [-0.1, -0.05) is 140 Å². The minimum absolute atomic E-state index is 0.551. The van der Waals surface area contributed by atoms with E-state index in [-0.39, 0.29) is 0 Å². The van der Waals surface area contributed by atoms with Gasteiger partial charge in [-0.3, -0.25) is 0 Å². The average Bonchev–Trinajstić information content (AvgIpc) is 4.03. The lowest BCUT2D eigenvalue weighted by Crippen LogP contribution is -2.01. The third-order valence-electron chi connectivity index (χ3n) is 11.9. The SMILES string of the molecule is c1ccc(-c2nc(-c3ccc4c5ccccc5n(-c5ccccc5)c4c3)nc(-c3cccc4oc5ccc(-c6nc(-c7ccccc7)c7sc8ccccc8c7n6)cc5c34)n2)cc1. The molecule has 0 fully saturated rings. The molecular formula is C55H32N6OS. The molecule has 0 radical (unpaired) electrons. The molecular weight excluding hydrogens is 793 g/mol. The zero-order valence-electron chi connectivity index (χ0n) is 33.5. The van der Waals surface area contributed by atoms with Gasteiger partial charge in [0, 0.05) is 65.1 Å². The van der Waals surface area contributed by atoms with Gasteiger partial charge in [-0.05, 0) is 54.6 Å². The van der Waals surface area contributed by atoms with E-state index in [4.69, 9.17) is 29.3 Å². The molecule has 0 saturated heterocycles. The van der Waals surface area contributed by atoms with Gasteiger partial charge in [-0.25, -0.2) is 24.9 Å². The zero-order valence-corrected chi connectivity index (χ0v) is 34.3. The van der Waals surface area contributed by atoms with E-state index in [2.05, 4.69) is 132 Å². The average molecular weight is 825 g/mol. The van der Waals surface area contributed by atoms with Crippen molar-refractivity contribution in [3.63, 3.8) is 0 Å². The summed E-state index contributed by atoms with van der Waals surface area (Å²) in [4.78, 5) is 26.2. The molecule has 0 bridgehead atoms. The number of rotatable bonds is 6. The quantitative estimate of drug-likeness (QED) is 0.166. The Morgan fingerprint density at radius 2 is 1.03 bits per heavy atom. The summed E-state index contributed by atoms with van der Waals surface area (Å²) in [6.07, 6.45) is 0. The van der Waals surface area contributed by atoms with Crippen molar-refractivity contribution in [3.8, 4) is 62.5 Å². The highest BCUT2D eigenvalue weighted by atomic mass is 32.1. The summed E-state index contributed by atoms with van der Waals surface area (Å²) in [5.74, 6) is 2.36. The van der Waals surface area contributed by atoms with Crippen LogP contribution < -0.4 is 0 Å². The largest absolute Gasteiger partial charge is 0.456 e. The molecule has 5 aromatic heterocycles. The zero-order chi connectivity index (χ0) is 41.4. The first-order valence-corrected chi connectivity index (χ1v) is 21.6. The second-order valence-corrected chi connectivity index (χ2v) is 16.7. The maximum absolute atomic E-state index is 6.56. The first kappa shape index (κ1) is 35.4. The van der Waals surface area contributed by atoms with E-state index in [9.17, 15) is 0 Å². The fourth-order valence-electron chi connectivity index (χ4n) is 8.97. The number of hydrogen-bond donors (Lipinski definition) is 0. The summed E-state index contributed by atoms with van der Waals surface area (Å²) >= 11 is 1.73. The molecule has 0 aliphatic heterocycles. The number of nitrogens with zero attached hydrogens (tertiary/aromatic N) is 6. The standard InChI is InChI=1S/C55H32N6OS/c1-4-15-33(16-5-1)49-51-50(40-22-11-13-26-47(40)63-51)57-53(56-49)35-28-30-45-42(31-35)48-41(23-14-25-46(48)62-45)55-59-52(34-17-6-2-7-18-34)58-54(60-55)36-27-29-39-38-21-10-12-24-43(38)61(44(39)32-36)37-19-8-3-9-20-37/h1-32H. The smallest absolute Gasteiger partial charge is 0.164 e. The molecule has 0 aliphatic rings.